The van der Waals surface area contributed by atoms with Crippen LogP contribution in [0, 0.1) is 5.82 Å². The first-order valence-corrected chi connectivity index (χ1v) is 6.78. The van der Waals surface area contributed by atoms with E-state index in [-0.39, 0.29) is 18.3 Å². The van der Waals surface area contributed by atoms with Crippen LogP contribution in [0.1, 0.15) is 11.3 Å². The maximum absolute atomic E-state index is 13.9. The molecule has 5 nitrogen and oxygen atoms in total. The molecule has 2 heterocycles. The van der Waals surface area contributed by atoms with Crippen molar-refractivity contribution in [2.24, 2.45) is 0 Å². The molecular formula is C15H16FN3O2. The average molecular weight is 289 g/mol. The molecule has 110 valence electrons. The number of halogens is 1. The van der Waals surface area contributed by atoms with Crippen LogP contribution in [0.2, 0.25) is 0 Å². The Bertz CT molecular complexity index is 669. The van der Waals surface area contributed by atoms with Gasteiger partial charge in [-0.1, -0.05) is 12.1 Å². The van der Waals surface area contributed by atoms with Crippen molar-refractivity contribution in [3.63, 3.8) is 0 Å². The number of ether oxygens (including phenoxy) is 1. The molecule has 3 rings (SSSR count). The number of aromatic nitrogens is 2. The van der Waals surface area contributed by atoms with Crippen LogP contribution in [0.25, 0.3) is 11.3 Å². The van der Waals surface area contributed by atoms with E-state index in [0.29, 0.717) is 30.8 Å². The molecule has 1 amide bonds. The molecule has 0 spiro atoms. The number of methoxy groups -OCH3 is 1. The highest BCUT2D eigenvalue weighted by Crippen LogP contribution is 2.29. The Kier molecular flexibility index (Phi) is 3.70. The summed E-state index contributed by atoms with van der Waals surface area (Å²) in [6, 6.07) is 6.53. The molecule has 1 aliphatic heterocycles. The van der Waals surface area contributed by atoms with Gasteiger partial charge in [0.1, 0.15) is 18.1 Å². The number of amides is 1. The van der Waals surface area contributed by atoms with Gasteiger partial charge < -0.3 is 9.64 Å². The average Bonchev–Trinajstić information content (AvgIpc) is 2.91. The van der Waals surface area contributed by atoms with Gasteiger partial charge in [0.05, 0.1) is 0 Å². The summed E-state index contributed by atoms with van der Waals surface area (Å²) < 4.78 is 18.8. The van der Waals surface area contributed by atoms with E-state index in [1.54, 1.807) is 23.1 Å². The molecular weight excluding hydrogens is 273 g/mol. The number of nitrogens with zero attached hydrogens (tertiary/aromatic N) is 2. The first kappa shape index (κ1) is 13.8. The standard InChI is InChI=1S/C15H16FN3O2/c1-21-9-14(20)19-7-6-13-11(8-19)15(18-17-13)10-4-2-3-5-12(10)16/h2-5H,6-9H2,1H3,(H,17,18). The van der Waals surface area contributed by atoms with E-state index < -0.39 is 0 Å². The molecule has 0 atom stereocenters. The van der Waals surface area contributed by atoms with Crippen molar-refractivity contribution >= 4 is 5.91 Å². The Hall–Kier alpha value is -2.21. The molecule has 0 saturated carbocycles. The van der Waals surface area contributed by atoms with Crippen molar-refractivity contribution in [1.29, 1.82) is 0 Å². The van der Waals surface area contributed by atoms with Crippen LogP contribution in [-0.2, 0) is 22.5 Å². The topological polar surface area (TPSA) is 58.2 Å². The van der Waals surface area contributed by atoms with Crippen molar-refractivity contribution in [2.45, 2.75) is 13.0 Å². The largest absolute Gasteiger partial charge is 0.375 e. The zero-order valence-electron chi connectivity index (χ0n) is 11.7. The van der Waals surface area contributed by atoms with Crippen LogP contribution >= 0.6 is 0 Å². The van der Waals surface area contributed by atoms with Gasteiger partial charge in [-0.15, -0.1) is 0 Å². The third-order valence-electron chi connectivity index (χ3n) is 3.68. The minimum atomic E-state index is -0.313. The lowest BCUT2D eigenvalue weighted by Gasteiger charge is -2.27. The predicted molar refractivity (Wildman–Crippen MR) is 75.0 cm³/mol. The number of hydrogen-bond acceptors (Lipinski definition) is 3. The summed E-state index contributed by atoms with van der Waals surface area (Å²) in [4.78, 5) is 13.7. The highest BCUT2D eigenvalue weighted by molar-refractivity contribution is 5.78. The maximum Gasteiger partial charge on any atom is 0.248 e. The van der Waals surface area contributed by atoms with E-state index in [1.807, 2.05) is 0 Å². The lowest BCUT2D eigenvalue weighted by molar-refractivity contribution is -0.136. The summed E-state index contributed by atoms with van der Waals surface area (Å²) in [6.07, 6.45) is 0.687. The SMILES string of the molecule is COCC(=O)N1CCc2[nH]nc(-c3ccccc3F)c2C1. The van der Waals surface area contributed by atoms with Crippen molar-refractivity contribution in [3.8, 4) is 11.3 Å². The van der Waals surface area contributed by atoms with Crippen molar-refractivity contribution in [2.75, 3.05) is 20.3 Å². The molecule has 2 aromatic rings. The Morgan fingerprint density at radius 1 is 1.48 bits per heavy atom. The molecule has 0 fully saturated rings. The molecule has 21 heavy (non-hydrogen) atoms. The fourth-order valence-corrected chi connectivity index (χ4v) is 2.60. The molecule has 1 N–H and O–H groups in total. The lowest BCUT2D eigenvalue weighted by Crippen LogP contribution is -2.38. The number of rotatable bonds is 3. The fourth-order valence-electron chi connectivity index (χ4n) is 2.60. The minimum Gasteiger partial charge on any atom is -0.375 e. The molecule has 1 aliphatic rings. The molecule has 0 bridgehead atoms. The molecule has 1 aromatic carbocycles. The quantitative estimate of drug-likeness (QED) is 0.936. The Labute approximate surface area is 121 Å². The smallest absolute Gasteiger partial charge is 0.248 e. The van der Waals surface area contributed by atoms with Crippen molar-refractivity contribution < 1.29 is 13.9 Å². The number of H-pyrrole nitrogens is 1. The van der Waals surface area contributed by atoms with Gasteiger partial charge in [0.25, 0.3) is 0 Å². The molecule has 0 unspecified atom stereocenters. The number of carbonyl (C=O) groups excluding carboxylic acids is 1. The molecule has 0 aliphatic carbocycles. The predicted octanol–water partition coefficient (Wildman–Crippen LogP) is 1.75. The normalized spacial score (nSPS) is 14.1. The monoisotopic (exact) mass is 289 g/mol. The first-order chi connectivity index (χ1) is 10.2. The number of fused-ring (bicyclic) bond motifs is 1. The third-order valence-corrected chi connectivity index (χ3v) is 3.68. The summed E-state index contributed by atoms with van der Waals surface area (Å²) >= 11 is 0. The lowest BCUT2D eigenvalue weighted by atomic mass is 10.0. The van der Waals surface area contributed by atoms with Crippen LogP contribution in [-0.4, -0.2) is 41.3 Å². The van der Waals surface area contributed by atoms with Crippen LogP contribution in [0.4, 0.5) is 4.39 Å². The van der Waals surface area contributed by atoms with E-state index in [9.17, 15) is 9.18 Å². The molecule has 6 heteroatoms. The van der Waals surface area contributed by atoms with Gasteiger partial charge in [0.15, 0.2) is 0 Å². The van der Waals surface area contributed by atoms with Crippen LogP contribution in [0.15, 0.2) is 24.3 Å². The van der Waals surface area contributed by atoms with Gasteiger partial charge in [-0.3, -0.25) is 9.89 Å². The van der Waals surface area contributed by atoms with Gasteiger partial charge in [0, 0.05) is 43.4 Å². The fraction of sp³-hybridized carbons (Fsp3) is 0.333. The number of carbonyl (C=O) groups is 1. The van der Waals surface area contributed by atoms with Gasteiger partial charge in [-0.25, -0.2) is 4.39 Å². The molecule has 0 saturated heterocycles. The van der Waals surface area contributed by atoms with E-state index in [4.69, 9.17) is 4.74 Å². The highest BCUT2D eigenvalue weighted by atomic mass is 19.1. The van der Waals surface area contributed by atoms with E-state index in [1.165, 1.54) is 13.2 Å². The van der Waals surface area contributed by atoms with Crippen LogP contribution in [0.5, 0.6) is 0 Å². The highest BCUT2D eigenvalue weighted by Gasteiger charge is 2.26. The minimum absolute atomic E-state index is 0.0578. The summed E-state index contributed by atoms with van der Waals surface area (Å²) in [5, 5.41) is 7.19. The van der Waals surface area contributed by atoms with Crippen LogP contribution < -0.4 is 0 Å². The number of hydrogen-bond donors (Lipinski definition) is 1. The van der Waals surface area contributed by atoms with Crippen molar-refractivity contribution in [1.82, 2.24) is 15.1 Å². The number of benzene rings is 1. The first-order valence-electron chi connectivity index (χ1n) is 6.78. The second kappa shape index (κ2) is 5.65. The Balaban J connectivity index is 1.93. The van der Waals surface area contributed by atoms with Gasteiger partial charge >= 0.3 is 0 Å². The summed E-state index contributed by atoms with van der Waals surface area (Å²) in [6.45, 7) is 1.11. The van der Waals surface area contributed by atoms with Gasteiger partial charge in [-0.05, 0) is 12.1 Å². The van der Waals surface area contributed by atoms with E-state index in [2.05, 4.69) is 10.2 Å². The Morgan fingerprint density at radius 2 is 2.29 bits per heavy atom. The zero-order valence-corrected chi connectivity index (χ0v) is 11.7. The van der Waals surface area contributed by atoms with E-state index in [0.717, 1.165) is 11.3 Å². The molecule has 1 aromatic heterocycles. The maximum atomic E-state index is 13.9. The summed E-state index contributed by atoms with van der Waals surface area (Å²) in [7, 11) is 1.50. The Morgan fingerprint density at radius 3 is 3.05 bits per heavy atom. The zero-order chi connectivity index (χ0) is 14.8. The second-order valence-corrected chi connectivity index (χ2v) is 5.01. The van der Waals surface area contributed by atoms with Gasteiger partial charge in [-0.2, -0.15) is 5.10 Å². The third kappa shape index (κ3) is 2.54. The van der Waals surface area contributed by atoms with Gasteiger partial charge in [0.2, 0.25) is 5.91 Å². The summed E-state index contributed by atoms with van der Waals surface area (Å²) in [5.41, 5.74) is 2.89. The van der Waals surface area contributed by atoms with Crippen LogP contribution in [0.3, 0.4) is 0 Å². The van der Waals surface area contributed by atoms with Crippen molar-refractivity contribution in [3.05, 3.63) is 41.3 Å². The molecule has 0 radical (unpaired) electrons. The number of nitrogens with one attached hydrogen (secondary N) is 1. The summed E-state index contributed by atoms with van der Waals surface area (Å²) in [5.74, 6) is -0.379. The van der Waals surface area contributed by atoms with E-state index >= 15 is 0 Å². The number of aromatic amines is 1. The second-order valence-electron chi connectivity index (χ2n) is 5.01.